The molecule has 0 N–H and O–H groups in total. The number of ether oxygens (including phenoxy) is 1. The molecule has 0 aliphatic heterocycles. The first-order valence-electron chi connectivity index (χ1n) is 7.29. The number of hydrogen-bond acceptors (Lipinski definition) is 4. The molecule has 0 saturated carbocycles. The molecule has 0 radical (unpaired) electrons. The number of benzene rings is 2. The summed E-state index contributed by atoms with van der Waals surface area (Å²) in [4.78, 5) is 4.42. The molecule has 0 unspecified atom stereocenters. The van der Waals surface area contributed by atoms with Crippen molar-refractivity contribution in [3.63, 3.8) is 0 Å². The standard InChI is InChI=1S/C18H16ClNO3S/c1-11-4-7-16-14(8-11)18(23-3)17(10-20-16)24(21,22)13-6-5-12(2)15(19)9-13/h4-10H,1-3H3. The number of aryl methyl sites for hydroxylation is 2. The molecule has 0 aliphatic rings. The minimum atomic E-state index is -3.80. The van der Waals surface area contributed by atoms with Gasteiger partial charge in [-0.2, -0.15) is 0 Å². The number of hydrogen-bond donors (Lipinski definition) is 0. The van der Waals surface area contributed by atoms with Crippen LogP contribution in [0.25, 0.3) is 10.9 Å². The number of fused-ring (bicyclic) bond motifs is 1. The molecule has 0 fully saturated rings. The van der Waals surface area contributed by atoms with Crippen molar-refractivity contribution in [2.24, 2.45) is 0 Å². The average Bonchev–Trinajstić information content (AvgIpc) is 2.55. The van der Waals surface area contributed by atoms with Gasteiger partial charge in [-0.25, -0.2) is 8.42 Å². The lowest BCUT2D eigenvalue weighted by atomic mass is 10.1. The van der Waals surface area contributed by atoms with Crippen molar-refractivity contribution in [3.8, 4) is 5.75 Å². The van der Waals surface area contributed by atoms with E-state index in [4.69, 9.17) is 16.3 Å². The van der Waals surface area contributed by atoms with Gasteiger partial charge in [0.05, 0.1) is 23.7 Å². The minimum absolute atomic E-state index is 0.0306. The first kappa shape index (κ1) is 16.7. The largest absolute Gasteiger partial charge is 0.495 e. The fourth-order valence-electron chi connectivity index (χ4n) is 2.53. The van der Waals surface area contributed by atoms with Crippen molar-refractivity contribution in [1.29, 1.82) is 0 Å². The summed E-state index contributed by atoms with van der Waals surface area (Å²) < 4.78 is 31.5. The number of rotatable bonds is 3. The summed E-state index contributed by atoms with van der Waals surface area (Å²) in [6.07, 6.45) is 1.33. The predicted molar refractivity (Wildman–Crippen MR) is 94.7 cm³/mol. The van der Waals surface area contributed by atoms with E-state index in [9.17, 15) is 8.42 Å². The van der Waals surface area contributed by atoms with Crippen molar-refractivity contribution >= 4 is 32.3 Å². The van der Waals surface area contributed by atoms with E-state index in [1.807, 2.05) is 32.0 Å². The SMILES string of the molecule is COc1c(S(=O)(=O)c2ccc(C)c(Cl)c2)cnc2ccc(C)cc12. The molecule has 1 heterocycles. The average molecular weight is 362 g/mol. The van der Waals surface area contributed by atoms with E-state index in [2.05, 4.69) is 4.98 Å². The molecule has 3 aromatic rings. The molecule has 6 heteroatoms. The summed E-state index contributed by atoms with van der Waals surface area (Å²) in [6.45, 7) is 3.75. The molecule has 0 saturated heterocycles. The van der Waals surface area contributed by atoms with Crippen LogP contribution in [0.5, 0.6) is 5.75 Å². The summed E-state index contributed by atoms with van der Waals surface area (Å²) in [7, 11) is -2.34. The fraction of sp³-hybridized carbons (Fsp3) is 0.167. The Morgan fingerprint density at radius 1 is 1.08 bits per heavy atom. The quantitative estimate of drug-likeness (QED) is 0.696. The predicted octanol–water partition coefficient (Wildman–Crippen LogP) is 4.35. The highest BCUT2D eigenvalue weighted by Crippen LogP contribution is 2.35. The molecule has 3 rings (SSSR count). The Labute approximate surface area is 146 Å². The van der Waals surface area contributed by atoms with E-state index in [1.54, 1.807) is 6.07 Å². The fourth-order valence-corrected chi connectivity index (χ4v) is 4.18. The first-order valence-corrected chi connectivity index (χ1v) is 9.15. The van der Waals surface area contributed by atoms with Gasteiger partial charge in [0.2, 0.25) is 9.84 Å². The van der Waals surface area contributed by atoms with E-state index < -0.39 is 9.84 Å². The monoisotopic (exact) mass is 361 g/mol. The summed E-state index contributed by atoms with van der Waals surface area (Å²) in [5, 5.41) is 1.07. The van der Waals surface area contributed by atoms with Gasteiger partial charge in [0.25, 0.3) is 0 Å². The maximum absolute atomic E-state index is 13.0. The van der Waals surface area contributed by atoms with E-state index in [0.29, 0.717) is 21.7 Å². The van der Waals surface area contributed by atoms with Crippen LogP contribution in [0.2, 0.25) is 5.02 Å². The molecule has 0 aliphatic carbocycles. The van der Waals surface area contributed by atoms with Crippen LogP contribution in [0.15, 0.2) is 52.4 Å². The molecule has 0 amide bonds. The topological polar surface area (TPSA) is 56.3 Å². The lowest BCUT2D eigenvalue weighted by Gasteiger charge is -2.13. The first-order chi connectivity index (χ1) is 11.3. The van der Waals surface area contributed by atoms with Crippen molar-refractivity contribution < 1.29 is 13.2 Å². The Balaban J connectivity index is 2.29. The minimum Gasteiger partial charge on any atom is -0.495 e. The van der Waals surface area contributed by atoms with Crippen molar-refractivity contribution in [2.45, 2.75) is 23.6 Å². The maximum Gasteiger partial charge on any atom is 0.211 e. The molecule has 4 nitrogen and oxygen atoms in total. The van der Waals surface area contributed by atoms with Gasteiger partial charge in [-0.1, -0.05) is 29.3 Å². The molecule has 124 valence electrons. The van der Waals surface area contributed by atoms with Crippen LogP contribution in [0, 0.1) is 13.8 Å². The van der Waals surface area contributed by atoms with Gasteiger partial charge in [0.15, 0.2) is 0 Å². The van der Waals surface area contributed by atoms with E-state index >= 15 is 0 Å². The second-order valence-electron chi connectivity index (χ2n) is 5.59. The number of sulfone groups is 1. The number of aromatic nitrogens is 1. The number of methoxy groups -OCH3 is 1. The lowest BCUT2D eigenvalue weighted by molar-refractivity contribution is 0.407. The van der Waals surface area contributed by atoms with Crippen LogP contribution in [-0.4, -0.2) is 20.5 Å². The zero-order valence-corrected chi connectivity index (χ0v) is 15.1. The summed E-state index contributed by atoms with van der Waals surface area (Å²) in [5.74, 6) is 0.292. The van der Waals surface area contributed by atoms with Crippen molar-refractivity contribution in [3.05, 3.63) is 58.7 Å². The Bertz CT molecular complexity index is 1050. The highest BCUT2D eigenvalue weighted by molar-refractivity contribution is 7.91. The lowest BCUT2D eigenvalue weighted by Crippen LogP contribution is -2.06. The summed E-state index contributed by atoms with van der Waals surface area (Å²) in [5.41, 5.74) is 2.49. The molecular formula is C18H16ClNO3S. The second kappa shape index (κ2) is 6.07. The third kappa shape index (κ3) is 2.74. The van der Waals surface area contributed by atoms with Gasteiger partial charge >= 0.3 is 0 Å². The van der Waals surface area contributed by atoms with Crippen LogP contribution < -0.4 is 4.74 Å². The molecular weight excluding hydrogens is 346 g/mol. The number of nitrogens with zero attached hydrogens (tertiary/aromatic N) is 1. The van der Waals surface area contributed by atoms with E-state index in [-0.39, 0.29) is 9.79 Å². The van der Waals surface area contributed by atoms with Crippen molar-refractivity contribution in [2.75, 3.05) is 7.11 Å². The summed E-state index contributed by atoms with van der Waals surface area (Å²) in [6, 6.07) is 10.3. The second-order valence-corrected chi connectivity index (χ2v) is 7.92. The van der Waals surface area contributed by atoms with Gasteiger partial charge < -0.3 is 4.74 Å². The molecule has 0 bridgehead atoms. The number of halogens is 1. The Morgan fingerprint density at radius 3 is 2.50 bits per heavy atom. The smallest absolute Gasteiger partial charge is 0.211 e. The van der Waals surface area contributed by atoms with Crippen molar-refractivity contribution in [1.82, 2.24) is 4.98 Å². The van der Waals surface area contributed by atoms with Crippen LogP contribution >= 0.6 is 11.6 Å². The number of pyridine rings is 1. The molecule has 0 atom stereocenters. The molecule has 24 heavy (non-hydrogen) atoms. The maximum atomic E-state index is 13.0. The Kier molecular flexibility index (Phi) is 4.24. The summed E-state index contributed by atoms with van der Waals surface area (Å²) >= 11 is 6.09. The highest BCUT2D eigenvalue weighted by Gasteiger charge is 2.25. The Hall–Kier alpha value is -2.11. The van der Waals surface area contributed by atoms with Gasteiger partial charge in [0, 0.05) is 10.4 Å². The van der Waals surface area contributed by atoms with Crippen LogP contribution in [0.1, 0.15) is 11.1 Å². The Morgan fingerprint density at radius 2 is 1.83 bits per heavy atom. The van der Waals surface area contributed by atoms with Gasteiger partial charge in [-0.3, -0.25) is 4.98 Å². The van der Waals surface area contributed by atoms with Crippen LogP contribution in [0.3, 0.4) is 0 Å². The zero-order chi connectivity index (χ0) is 17.5. The highest BCUT2D eigenvalue weighted by atomic mass is 35.5. The normalized spacial score (nSPS) is 11.7. The molecule has 0 spiro atoms. The van der Waals surface area contributed by atoms with E-state index in [0.717, 1.165) is 11.1 Å². The third-order valence-corrected chi connectivity index (χ3v) is 6.04. The van der Waals surface area contributed by atoms with Gasteiger partial charge in [-0.15, -0.1) is 0 Å². The van der Waals surface area contributed by atoms with Crippen LogP contribution in [0.4, 0.5) is 0 Å². The van der Waals surface area contributed by atoms with Gasteiger partial charge in [-0.05, 0) is 43.7 Å². The third-order valence-electron chi connectivity index (χ3n) is 3.89. The van der Waals surface area contributed by atoms with Gasteiger partial charge in [0.1, 0.15) is 10.6 Å². The zero-order valence-electron chi connectivity index (χ0n) is 13.5. The molecule has 1 aromatic heterocycles. The van der Waals surface area contributed by atoms with E-state index in [1.165, 1.54) is 25.4 Å². The van der Waals surface area contributed by atoms with Crippen LogP contribution in [-0.2, 0) is 9.84 Å². The molecule has 2 aromatic carbocycles.